The van der Waals surface area contributed by atoms with Crippen LogP contribution in [0.3, 0.4) is 0 Å². The Morgan fingerprint density at radius 2 is 2.11 bits per heavy atom. The summed E-state index contributed by atoms with van der Waals surface area (Å²) in [6.07, 6.45) is 7.76. The molecule has 0 fully saturated rings. The Kier molecular flexibility index (Phi) is 4.41. The van der Waals surface area contributed by atoms with E-state index >= 15 is 0 Å². The van der Waals surface area contributed by atoms with E-state index in [2.05, 4.69) is 4.99 Å². The van der Waals surface area contributed by atoms with E-state index in [4.69, 9.17) is 10.5 Å². The van der Waals surface area contributed by atoms with Crippen LogP contribution >= 0.6 is 11.8 Å². The summed E-state index contributed by atoms with van der Waals surface area (Å²) in [5.74, 6) is 0.320. The van der Waals surface area contributed by atoms with Gasteiger partial charge in [0.2, 0.25) is 5.90 Å². The van der Waals surface area contributed by atoms with Crippen molar-refractivity contribution < 1.29 is 9.53 Å². The number of nitrogens with two attached hydrogens (primary N) is 1. The Balaban J connectivity index is 2.21. The smallest absolute Gasteiger partial charge is 0.253 e. The molecule has 0 aliphatic carbocycles. The number of amides is 1. The molecule has 1 amide bonds. The molecule has 1 heterocycles. The summed E-state index contributed by atoms with van der Waals surface area (Å²) in [6, 6.07) is 7.56. The number of ether oxygens (including phenoxy) is 1. The van der Waals surface area contributed by atoms with Gasteiger partial charge in [0.05, 0.1) is 5.57 Å². The van der Waals surface area contributed by atoms with Crippen LogP contribution in [0.1, 0.15) is 6.42 Å². The molecule has 2 rings (SSSR count). The van der Waals surface area contributed by atoms with Crippen molar-refractivity contribution >= 4 is 23.6 Å². The monoisotopic (exact) mass is 274 g/mol. The number of aliphatic imine (C=N–C) groups is 1. The van der Waals surface area contributed by atoms with Gasteiger partial charge in [-0.15, -0.1) is 11.8 Å². The number of hydrogen-bond acceptors (Lipinski definition) is 4. The second-order valence-corrected chi connectivity index (χ2v) is 4.69. The Bertz CT molecular complexity index is 559. The molecule has 1 aliphatic heterocycles. The number of benzene rings is 1. The zero-order valence-electron chi connectivity index (χ0n) is 10.5. The number of primary amides is 1. The van der Waals surface area contributed by atoms with E-state index in [-0.39, 0.29) is 5.90 Å². The van der Waals surface area contributed by atoms with Crippen molar-refractivity contribution in [1.29, 1.82) is 0 Å². The number of hydrogen-bond donors (Lipinski definition) is 1. The second kappa shape index (κ2) is 6.24. The first-order valence-electron chi connectivity index (χ1n) is 5.76. The summed E-state index contributed by atoms with van der Waals surface area (Å²) in [7, 11) is 0. The molecular formula is C14H14N2O2S. The molecule has 2 N–H and O–H groups in total. The molecule has 98 valence electrons. The van der Waals surface area contributed by atoms with Gasteiger partial charge >= 0.3 is 0 Å². The van der Waals surface area contributed by atoms with E-state index in [1.54, 1.807) is 24.0 Å². The van der Waals surface area contributed by atoms with Crippen molar-refractivity contribution in [2.45, 2.75) is 11.3 Å². The predicted molar refractivity (Wildman–Crippen MR) is 77.3 cm³/mol. The molecule has 0 bridgehead atoms. The van der Waals surface area contributed by atoms with Crippen LogP contribution in [0, 0.1) is 0 Å². The topological polar surface area (TPSA) is 64.7 Å². The summed E-state index contributed by atoms with van der Waals surface area (Å²) in [5.41, 5.74) is 5.63. The molecular weight excluding hydrogens is 260 g/mol. The number of carbonyl (C=O) groups excluding carboxylic acids is 1. The van der Waals surface area contributed by atoms with Crippen molar-refractivity contribution in [2.75, 3.05) is 6.26 Å². The molecule has 1 aromatic carbocycles. The summed E-state index contributed by atoms with van der Waals surface area (Å²) in [4.78, 5) is 16.6. The maximum atomic E-state index is 11.4. The largest absolute Gasteiger partial charge is 0.438 e. The van der Waals surface area contributed by atoms with Gasteiger partial charge in [-0.3, -0.25) is 4.79 Å². The summed E-state index contributed by atoms with van der Waals surface area (Å²) < 4.78 is 5.63. The lowest BCUT2D eigenvalue weighted by molar-refractivity contribution is -0.114. The SMILES string of the molecule is CSc1ccc(OC2=NC=CCC=C2C(N)=O)cc1. The third-order valence-electron chi connectivity index (χ3n) is 2.53. The molecule has 19 heavy (non-hydrogen) atoms. The first kappa shape index (κ1) is 13.4. The average molecular weight is 274 g/mol. The summed E-state index contributed by atoms with van der Waals surface area (Å²) >= 11 is 1.65. The molecule has 1 aliphatic rings. The van der Waals surface area contributed by atoms with Gasteiger partial charge in [-0.05, 0) is 36.9 Å². The number of nitrogens with zero attached hydrogens (tertiary/aromatic N) is 1. The van der Waals surface area contributed by atoms with E-state index in [9.17, 15) is 4.79 Å². The van der Waals surface area contributed by atoms with E-state index in [0.29, 0.717) is 17.7 Å². The minimum atomic E-state index is -0.539. The van der Waals surface area contributed by atoms with Crippen LogP contribution < -0.4 is 10.5 Å². The van der Waals surface area contributed by atoms with Gasteiger partial charge in [-0.1, -0.05) is 12.2 Å². The predicted octanol–water partition coefficient (Wildman–Crippen LogP) is 2.51. The summed E-state index contributed by atoms with van der Waals surface area (Å²) in [6.45, 7) is 0. The molecule has 0 spiro atoms. The van der Waals surface area contributed by atoms with E-state index in [1.165, 1.54) is 0 Å². The third kappa shape index (κ3) is 3.48. The van der Waals surface area contributed by atoms with Crippen molar-refractivity contribution in [3.8, 4) is 5.75 Å². The van der Waals surface area contributed by atoms with Crippen molar-refractivity contribution in [3.63, 3.8) is 0 Å². The van der Waals surface area contributed by atoms with Gasteiger partial charge in [0.25, 0.3) is 5.91 Å². The Morgan fingerprint density at radius 3 is 2.74 bits per heavy atom. The molecule has 0 radical (unpaired) electrons. The fourth-order valence-electron chi connectivity index (χ4n) is 1.57. The van der Waals surface area contributed by atoms with Crippen LogP contribution in [0.4, 0.5) is 0 Å². The van der Waals surface area contributed by atoms with Crippen molar-refractivity contribution in [2.24, 2.45) is 10.7 Å². The highest BCUT2D eigenvalue weighted by Gasteiger charge is 2.16. The highest BCUT2D eigenvalue weighted by molar-refractivity contribution is 7.98. The maximum absolute atomic E-state index is 11.4. The average Bonchev–Trinajstić information content (AvgIpc) is 2.65. The molecule has 0 unspecified atom stereocenters. The third-order valence-corrected chi connectivity index (χ3v) is 3.27. The lowest BCUT2D eigenvalue weighted by Crippen LogP contribution is -2.24. The first-order chi connectivity index (χ1) is 9.20. The molecule has 0 atom stereocenters. The highest BCUT2D eigenvalue weighted by atomic mass is 32.2. The van der Waals surface area contributed by atoms with Gasteiger partial charge in [-0.2, -0.15) is 0 Å². The second-order valence-electron chi connectivity index (χ2n) is 3.81. The zero-order chi connectivity index (χ0) is 13.7. The van der Waals surface area contributed by atoms with Gasteiger partial charge in [-0.25, -0.2) is 4.99 Å². The van der Waals surface area contributed by atoms with Crippen molar-refractivity contribution in [1.82, 2.24) is 0 Å². The standard InChI is InChI=1S/C14H14N2O2S/c1-19-11-7-5-10(6-8-11)18-14-12(13(15)17)4-2-3-9-16-14/h3-9H,2H2,1H3,(H2,15,17). The Labute approximate surface area is 116 Å². The summed E-state index contributed by atoms with van der Waals surface area (Å²) in [5, 5.41) is 0. The lowest BCUT2D eigenvalue weighted by Gasteiger charge is -2.09. The van der Waals surface area contributed by atoms with Crippen LogP contribution in [0.15, 0.2) is 58.1 Å². The minimum absolute atomic E-state index is 0.234. The maximum Gasteiger partial charge on any atom is 0.253 e. The van der Waals surface area contributed by atoms with Gasteiger partial charge < -0.3 is 10.5 Å². The number of thioether (sulfide) groups is 1. The highest BCUT2D eigenvalue weighted by Crippen LogP contribution is 2.20. The van der Waals surface area contributed by atoms with Gasteiger partial charge in [0, 0.05) is 11.1 Å². The molecule has 1 aromatic rings. The fraction of sp³-hybridized carbons (Fsp3) is 0.143. The molecule has 5 heteroatoms. The Morgan fingerprint density at radius 1 is 1.37 bits per heavy atom. The molecule has 0 saturated carbocycles. The van der Waals surface area contributed by atoms with Crippen molar-refractivity contribution in [3.05, 3.63) is 48.2 Å². The zero-order valence-corrected chi connectivity index (χ0v) is 11.3. The van der Waals surface area contributed by atoms with Crippen LogP contribution in [0.5, 0.6) is 5.75 Å². The minimum Gasteiger partial charge on any atom is -0.438 e. The van der Waals surface area contributed by atoms with Crippen LogP contribution in [-0.4, -0.2) is 18.1 Å². The van der Waals surface area contributed by atoms with E-state index < -0.39 is 5.91 Å². The van der Waals surface area contributed by atoms with Crippen LogP contribution in [0.25, 0.3) is 0 Å². The normalized spacial score (nSPS) is 14.4. The van der Waals surface area contributed by atoms with Crippen LogP contribution in [-0.2, 0) is 4.79 Å². The molecule has 4 nitrogen and oxygen atoms in total. The number of allylic oxidation sites excluding steroid dienone is 2. The van der Waals surface area contributed by atoms with Gasteiger partial charge in [0.1, 0.15) is 5.75 Å². The fourth-order valence-corrected chi connectivity index (χ4v) is 1.97. The van der Waals surface area contributed by atoms with Gasteiger partial charge in [0.15, 0.2) is 0 Å². The number of rotatable bonds is 3. The lowest BCUT2D eigenvalue weighted by atomic mass is 10.2. The van der Waals surface area contributed by atoms with Crippen LogP contribution in [0.2, 0.25) is 0 Å². The quantitative estimate of drug-likeness (QED) is 0.861. The van der Waals surface area contributed by atoms with E-state index in [0.717, 1.165) is 4.90 Å². The Hall–Kier alpha value is -2.01. The molecule has 0 saturated heterocycles. The number of carbonyl (C=O) groups is 1. The molecule has 0 aromatic heterocycles. The first-order valence-corrected chi connectivity index (χ1v) is 6.98. The van der Waals surface area contributed by atoms with E-state index in [1.807, 2.05) is 36.6 Å².